The molecule has 0 bridgehead atoms. The van der Waals surface area contributed by atoms with E-state index in [0.717, 1.165) is 37.1 Å². The SMILES string of the molecule is Cc1c(C(=O)NC2CCC(O)CC2)cnn1-c1cccc(Cl)c1. The number of aromatic nitrogens is 2. The quantitative estimate of drug-likeness (QED) is 0.907. The Hall–Kier alpha value is -1.85. The Bertz CT molecular complexity index is 706. The fourth-order valence-electron chi connectivity index (χ4n) is 2.98. The number of benzene rings is 1. The third kappa shape index (κ3) is 3.57. The van der Waals surface area contributed by atoms with Crippen molar-refractivity contribution in [1.82, 2.24) is 15.1 Å². The summed E-state index contributed by atoms with van der Waals surface area (Å²) in [6.45, 7) is 1.87. The highest BCUT2D eigenvalue weighted by Gasteiger charge is 2.23. The van der Waals surface area contributed by atoms with Gasteiger partial charge in [0.2, 0.25) is 0 Å². The van der Waals surface area contributed by atoms with Crippen LogP contribution in [0, 0.1) is 6.92 Å². The molecule has 23 heavy (non-hydrogen) atoms. The zero-order valence-corrected chi connectivity index (χ0v) is 13.8. The molecule has 1 amide bonds. The molecule has 0 atom stereocenters. The van der Waals surface area contributed by atoms with Crippen molar-refractivity contribution in [3.05, 3.63) is 46.7 Å². The molecule has 1 aromatic heterocycles. The number of hydrogen-bond acceptors (Lipinski definition) is 3. The van der Waals surface area contributed by atoms with Gasteiger partial charge in [-0.25, -0.2) is 4.68 Å². The van der Waals surface area contributed by atoms with Crippen LogP contribution in [-0.4, -0.2) is 32.9 Å². The van der Waals surface area contributed by atoms with Gasteiger partial charge < -0.3 is 10.4 Å². The van der Waals surface area contributed by atoms with Crippen molar-refractivity contribution in [2.75, 3.05) is 0 Å². The van der Waals surface area contributed by atoms with Gasteiger partial charge in [-0.3, -0.25) is 4.79 Å². The number of halogens is 1. The molecule has 1 aromatic carbocycles. The molecule has 2 N–H and O–H groups in total. The van der Waals surface area contributed by atoms with Crippen molar-refractivity contribution in [3.63, 3.8) is 0 Å². The van der Waals surface area contributed by atoms with Crippen molar-refractivity contribution in [3.8, 4) is 5.69 Å². The van der Waals surface area contributed by atoms with Crippen molar-refractivity contribution >= 4 is 17.5 Å². The normalized spacial score (nSPS) is 21.2. The van der Waals surface area contributed by atoms with E-state index in [4.69, 9.17) is 11.6 Å². The molecule has 3 rings (SSSR count). The summed E-state index contributed by atoms with van der Waals surface area (Å²) in [7, 11) is 0. The van der Waals surface area contributed by atoms with Crippen LogP contribution >= 0.6 is 11.6 Å². The van der Waals surface area contributed by atoms with E-state index in [1.54, 1.807) is 16.9 Å². The summed E-state index contributed by atoms with van der Waals surface area (Å²) in [6, 6.07) is 7.49. The first kappa shape index (κ1) is 16.0. The summed E-state index contributed by atoms with van der Waals surface area (Å²) in [5.41, 5.74) is 2.17. The maximum Gasteiger partial charge on any atom is 0.254 e. The van der Waals surface area contributed by atoms with E-state index in [-0.39, 0.29) is 18.1 Å². The summed E-state index contributed by atoms with van der Waals surface area (Å²) in [6.07, 6.45) is 4.47. The minimum Gasteiger partial charge on any atom is -0.393 e. The second-order valence-electron chi connectivity index (χ2n) is 6.01. The van der Waals surface area contributed by atoms with E-state index in [1.807, 2.05) is 25.1 Å². The van der Waals surface area contributed by atoms with Gasteiger partial charge in [-0.2, -0.15) is 5.10 Å². The number of hydrogen-bond donors (Lipinski definition) is 2. The molecule has 1 aliphatic carbocycles. The lowest BCUT2D eigenvalue weighted by atomic mass is 9.93. The van der Waals surface area contributed by atoms with E-state index >= 15 is 0 Å². The Morgan fingerprint density at radius 1 is 1.35 bits per heavy atom. The van der Waals surface area contributed by atoms with E-state index in [2.05, 4.69) is 10.4 Å². The minimum atomic E-state index is -0.226. The maximum absolute atomic E-state index is 12.5. The molecule has 1 heterocycles. The zero-order chi connectivity index (χ0) is 16.4. The van der Waals surface area contributed by atoms with Gasteiger partial charge in [0.05, 0.1) is 29.2 Å². The second kappa shape index (κ2) is 6.72. The molecule has 0 radical (unpaired) electrons. The van der Waals surface area contributed by atoms with Crippen molar-refractivity contribution < 1.29 is 9.90 Å². The van der Waals surface area contributed by atoms with E-state index in [0.29, 0.717) is 10.6 Å². The van der Waals surface area contributed by atoms with E-state index in [9.17, 15) is 9.90 Å². The van der Waals surface area contributed by atoms with Gasteiger partial charge in [-0.15, -0.1) is 0 Å². The summed E-state index contributed by atoms with van der Waals surface area (Å²) < 4.78 is 1.71. The molecule has 0 spiro atoms. The van der Waals surface area contributed by atoms with Crippen LogP contribution < -0.4 is 5.32 Å². The summed E-state index contributed by atoms with van der Waals surface area (Å²) in [4.78, 5) is 12.5. The van der Waals surface area contributed by atoms with Gasteiger partial charge >= 0.3 is 0 Å². The molecular weight excluding hydrogens is 314 g/mol. The summed E-state index contributed by atoms with van der Waals surface area (Å²) >= 11 is 6.02. The van der Waals surface area contributed by atoms with Gasteiger partial charge in [-0.05, 0) is 50.8 Å². The van der Waals surface area contributed by atoms with Crippen LogP contribution in [-0.2, 0) is 0 Å². The molecule has 6 heteroatoms. The van der Waals surface area contributed by atoms with E-state index < -0.39 is 0 Å². The van der Waals surface area contributed by atoms with Crippen LogP contribution in [0.15, 0.2) is 30.5 Å². The van der Waals surface area contributed by atoms with Gasteiger partial charge in [0.1, 0.15) is 0 Å². The number of rotatable bonds is 3. The molecule has 122 valence electrons. The van der Waals surface area contributed by atoms with Crippen molar-refractivity contribution in [2.24, 2.45) is 0 Å². The van der Waals surface area contributed by atoms with Gasteiger partial charge in [0, 0.05) is 11.1 Å². The Balaban J connectivity index is 1.75. The van der Waals surface area contributed by atoms with Crippen LogP contribution in [0.25, 0.3) is 5.69 Å². The molecule has 1 aliphatic rings. The predicted octanol–water partition coefficient (Wildman–Crippen LogP) is 2.87. The average Bonchev–Trinajstić information content (AvgIpc) is 2.91. The summed E-state index contributed by atoms with van der Waals surface area (Å²) in [5.74, 6) is -0.114. The molecule has 1 fully saturated rings. The van der Waals surface area contributed by atoms with Crippen LogP contribution in [0.2, 0.25) is 5.02 Å². The van der Waals surface area contributed by atoms with E-state index in [1.165, 1.54) is 0 Å². The smallest absolute Gasteiger partial charge is 0.254 e. The molecule has 5 nitrogen and oxygen atoms in total. The number of aliphatic hydroxyl groups excluding tert-OH is 1. The van der Waals surface area contributed by atoms with Crippen molar-refractivity contribution in [2.45, 2.75) is 44.8 Å². The first-order chi connectivity index (χ1) is 11.0. The lowest BCUT2D eigenvalue weighted by Gasteiger charge is -2.26. The third-order valence-corrected chi connectivity index (χ3v) is 4.57. The van der Waals surface area contributed by atoms with Crippen molar-refractivity contribution in [1.29, 1.82) is 0 Å². The number of carbonyl (C=O) groups is 1. The standard InChI is InChI=1S/C17H20ClN3O2/c1-11-16(17(23)20-13-5-7-15(22)8-6-13)10-19-21(11)14-4-2-3-12(18)9-14/h2-4,9-10,13,15,22H,5-8H2,1H3,(H,20,23). The molecule has 1 saturated carbocycles. The fourth-order valence-corrected chi connectivity index (χ4v) is 3.17. The number of nitrogens with zero attached hydrogens (tertiary/aromatic N) is 2. The molecule has 0 aliphatic heterocycles. The highest BCUT2D eigenvalue weighted by Crippen LogP contribution is 2.20. The number of carbonyl (C=O) groups excluding carboxylic acids is 1. The minimum absolute atomic E-state index is 0.114. The van der Waals surface area contributed by atoms with Gasteiger partial charge in [0.25, 0.3) is 5.91 Å². The molecule has 0 saturated heterocycles. The van der Waals surface area contributed by atoms with Crippen LogP contribution in [0.3, 0.4) is 0 Å². The lowest BCUT2D eigenvalue weighted by molar-refractivity contribution is 0.0867. The third-order valence-electron chi connectivity index (χ3n) is 4.34. The number of nitrogens with one attached hydrogen (secondary N) is 1. The highest BCUT2D eigenvalue weighted by molar-refractivity contribution is 6.30. The zero-order valence-electron chi connectivity index (χ0n) is 13.0. The van der Waals surface area contributed by atoms with Crippen LogP contribution in [0.1, 0.15) is 41.7 Å². The second-order valence-corrected chi connectivity index (χ2v) is 6.45. The van der Waals surface area contributed by atoms with Crippen LogP contribution in [0.5, 0.6) is 0 Å². The molecule has 2 aromatic rings. The lowest BCUT2D eigenvalue weighted by Crippen LogP contribution is -2.38. The first-order valence-electron chi connectivity index (χ1n) is 7.84. The molecule has 0 unspecified atom stereocenters. The monoisotopic (exact) mass is 333 g/mol. The maximum atomic E-state index is 12.5. The topological polar surface area (TPSA) is 67.2 Å². The predicted molar refractivity (Wildman–Crippen MR) is 89.0 cm³/mol. The Morgan fingerprint density at radius 3 is 2.78 bits per heavy atom. The Morgan fingerprint density at radius 2 is 2.09 bits per heavy atom. The average molecular weight is 334 g/mol. The highest BCUT2D eigenvalue weighted by atomic mass is 35.5. The Kier molecular flexibility index (Phi) is 4.68. The van der Waals surface area contributed by atoms with Gasteiger partial charge in [0.15, 0.2) is 0 Å². The number of amides is 1. The largest absolute Gasteiger partial charge is 0.393 e. The summed E-state index contributed by atoms with van der Waals surface area (Å²) in [5, 5.41) is 17.5. The Labute approximate surface area is 140 Å². The number of aliphatic hydroxyl groups is 1. The van der Waals surface area contributed by atoms with Gasteiger partial charge in [-0.1, -0.05) is 17.7 Å². The first-order valence-corrected chi connectivity index (χ1v) is 8.22. The van der Waals surface area contributed by atoms with Crippen LogP contribution in [0.4, 0.5) is 0 Å². The fraction of sp³-hybridized carbons (Fsp3) is 0.412. The molecular formula is C17H20ClN3O2.